The molecule has 2 aliphatic heterocycles. The summed E-state index contributed by atoms with van der Waals surface area (Å²) in [7, 11) is -2.37. The van der Waals surface area contributed by atoms with E-state index in [9.17, 15) is 19.8 Å². The molecule has 11 rings (SSSR count). The highest BCUT2D eigenvalue weighted by molar-refractivity contribution is 6.74. The van der Waals surface area contributed by atoms with Crippen molar-refractivity contribution in [1.29, 1.82) is 0 Å². The van der Waals surface area contributed by atoms with Gasteiger partial charge in [-0.3, -0.25) is 9.13 Å². The first-order valence-electron chi connectivity index (χ1n) is 38.3. The van der Waals surface area contributed by atoms with Crippen molar-refractivity contribution in [3.8, 4) is 11.5 Å². The molecular formula is C86H112N10O13Si2. The number of amides is 1. The third-order valence-electron chi connectivity index (χ3n) is 21.9. The van der Waals surface area contributed by atoms with Gasteiger partial charge >= 0.3 is 17.8 Å². The minimum atomic E-state index is -2.83. The molecule has 1 amide bonds. The van der Waals surface area contributed by atoms with E-state index in [1.807, 2.05) is 138 Å². The number of hydrogen-bond acceptors (Lipinski definition) is 20. The zero-order chi connectivity index (χ0) is 80.1. The van der Waals surface area contributed by atoms with Gasteiger partial charge in [0.1, 0.15) is 82.6 Å². The molecule has 5 N–H and O–H groups in total. The van der Waals surface area contributed by atoms with Crippen LogP contribution in [-0.4, -0.2) is 161 Å². The van der Waals surface area contributed by atoms with Crippen LogP contribution in [-0.2, 0) is 50.1 Å². The Morgan fingerprint density at radius 1 is 0.586 bits per heavy atom. The Hall–Kier alpha value is -9.16. The van der Waals surface area contributed by atoms with E-state index >= 15 is 4.79 Å². The van der Waals surface area contributed by atoms with Gasteiger partial charge in [-0.05, 0) is 148 Å². The van der Waals surface area contributed by atoms with Gasteiger partial charge in [0, 0.05) is 37.8 Å². The molecule has 0 unspecified atom stereocenters. The lowest BCUT2D eigenvalue weighted by Crippen LogP contribution is -2.55. The van der Waals surface area contributed by atoms with Crippen molar-refractivity contribution in [2.24, 2.45) is 0 Å². The van der Waals surface area contributed by atoms with Crippen LogP contribution in [0.1, 0.15) is 147 Å². The number of aliphatic hydroxyl groups is 2. The summed E-state index contributed by atoms with van der Waals surface area (Å²) in [6.07, 6.45) is -1.92. The first-order valence-corrected chi connectivity index (χ1v) is 44.1. The molecule has 2 fully saturated rings. The fraction of sp³-hybridized carbons (Fsp3) is 0.453. The smallest absolute Gasteiger partial charge is 0.408 e. The van der Waals surface area contributed by atoms with Gasteiger partial charge in [0.05, 0.1) is 33.3 Å². The average molecular weight is 1550 g/mol. The van der Waals surface area contributed by atoms with Gasteiger partial charge in [0.2, 0.25) is 0 Å². The second-order valence-corrected chi connectivity index (χ2v) is 43.5. The molecule has 0 spiro atoms. The van der Waals surface area contributed by atoms with Crippen LogP contribution in [0.4, 0.5) is 16.4 Å². The number of aromatic nitrogens is 6. The van der Waals surface area contributed by atoms with Gasteiger partial charge in [-0.15, -0.1) is 0 Å². The summed E-state index contributed by atoms with van der Waals surface area (Å²) in [5.41, 5.74) is 1.99. The third-order valence-corrected chi connectivity index (χ3v) is 30.8. The number of aliphatic hydroxyl groups excluding tert-OH is 2. The van der Waals surface area contributed by atoms with E-state index in [0.29, 0.717) is 34.0 Å². The van der Waals surface area contributed by atoms with Crippen molar-refractivity contribution in [2.45, 2.75) is 210 Å². The van der Waals surface area contributed by atoms with Crippen LogP contribution in [0.3, 0.4) is 0 Å². The fourth-order valence-corrected chi connectivity index (χ4v) is 16.6. The lowest BCUT2D eigenvalue weighted by Gasteiger charge is -2.44. The van der Waals surface area contributed by atoms with Crippen LogP contribution in [0.5, 0.6) is 11.5 Å². The molecule has 0 saturated carbocycles. The standard InChI is InChI=1S/C86H112N10O13Si2/c1-81(2,3)106-78(99)66(90-80(101)107-82(4,5)6)48-50-94(49-47-57-52-95(70-51-67(98)69(54-97)104-70)79(100)91-74(57)92-85(58-31-23-19-24-32-58,59-33-25-20-26-34-59)62-39-43-64(102-13)44-40-62)53-68-72(108-110(15,16)83(7,8)9)73(109-111(17,18)84(10,11)12)77(105-68)96-56-89-71-75(87-55-88-76(71)96)93-86(60-35-27-21-28-36-60,61-37-29-22-30-38-61)63-41-45-65(103-14)46-42-63/h19-46,52,55-56,66-70,72-73,77,97-98H,47-51,53-54H2,1-18H3,(H,90,101)(H,87,88,93)(H,91,92,100)/t66-,67-,68+,69+,70-,72+,73+,77+/m0/s1. The Balaban J connectivity index is 1.08. The van der Waals surface area contributed by atoms with Crippen LogP contribution in [0, 0.1) is 0 Å². The summed E-state index contributed by atoms with van der Waals surface area (Å²) in [6, 6.07) is 55.0. The number of fused-ring (bicyclic) bond motifs is 1. The number of carbonyl (C=O) groups is 2. The number of imidazole rings is 1. The zero-order valence-electron chi connectivity index (χ0n) is 67.5. The molecule has 25 heteroatoms. The lowest BCUT2D eigenvalue weighted by atomic mass is 9.77. The van der Waals surface area contributed by atoms with E-state index in [-0.39, 0.29) is 54.8 Å². The van der Waals surface area contributed by atoms with Gasteiger partial charge < -0.3 is 68.3 Å². The third kappa shape index (κ3) is 18.7. The SMILES string of the molecule is COc1ccc(C(Nc2nc(=O)n([C@@H]3C[C@H](O)[C@@H](CO)O3)cc2CCN(CC[C@H](NC(=O)OC(C)(C)C)C(=O)OC(C)(C)C)C[C@H]2O[C@@H](n3cnc4c(NC(c5ccccc5)(c5ccccc5)c5ccc(OC)cc5)ncnc43)[C@H](O[Si](C)(C)C(C)(C)C)[C@@H]2O[Si](C)(C)C(C)(C)C)(c2ccccc2)c2ccccc2)cc1. The van der Waals surface area contributed by atoms with E-state index in [1.165, 1.54) is 4.57 Å². The number of nitrogens with zero attached hydrogens (tertiary/aromatic N) is 7. The number of benzene rings is 6. The van der Waals surface area contributed by atoms with Crippen LogP contribution in [0.2, 0.25) is 36.3 Å². The van der Waals surface area contributed by atoms with E-state index in [2.05, 4.69) is 125 Å². The molecule has 5 heterocycles. The molecule has 2 saturated heterocycles. The van der Waals surface area contributed by atoms with Crippen LogP contribution < -0.4 is 31.1 Å². The van der Waals surface area contributed by atoms with Gasteiger partial charge in [0.25, 0.3) is 0 Å². The van der Waals surface area contributed by atoms with Crippen molar-refractivity contribution in [2.75, 3.05) is 51.1 Å². The van der Waals surface area contributed by atoms with Crippen molar-refractivity contribution in [3.05, 3.63) is 238 Å². The summed E-state index contributed by atoms with van der Waals surface area (Å²) in [6.45, 7) is 32.7. The highest BCUT2D eigenvalue weighted by Gasteiger charge is 2.55. The average Bonchev–Trinajstić information content (AvgIpc) is 1.72. The molecule has 111 heavy (non-hydrogen) atoms. The monoisotopic (exact) mass is 1550 g/mol. The quantitative estimate of drug-likeness (QED) is 0.0166. The fourth-order valence-electron chi connectivity index (χ4n) is 14.0. The Bertz CT molecular complexity index is 4570. The first-order chi connectivity index (χ1) is 52.5. The molecular weight excluding hydrogens is 1440 g/mol. The summed E-state index contributed by atoms with van der Waals surface area (Å²) in [5, 5.41) is 31.8. The maximum Gasteiger partial charge on any atom is 0.408 e. The van der Waals surface area contributed by atoms with Crippen LogP contribution in [0.25, 0.3) is 11.2 Å². The molecule has 8 atom stereocenters. The molecule has 0 bridgehead atoms. The molecule has 6 aromatic carbocycles. The molecule has 23 nitrogen and oxygen atoms in total. The van der Waals surface area contributed by atoms with Crippen molar-refractivity contribution >= 4 is 51.5 Å². The second-order valence-electron chi connectivity index (χ2n) is 34.0. The number of esters is 1. The van der Waals surface area contributed by atoms with E-state index in [0.717, 1.165) is 33.4 Å². The van der Waals surface area contributed by atoms with Crippen LogP contribution >= 0.6 is 0 Å². The number of nitrogens with one attached hydrogen (secondary N) is 3. The molecule has 3 aromatic heterocycles. The van der Waals surface area contributed by atoms with Gasteiger partial charge in [0.15, 0.2) is 39.8 Å². The molecule has 2 aliphatic rings. The van der Waals surface area contributed by atoms with Gasteiger partial charge in [-0.2, -0.15) is 4.98 Å². The van der Waals surface area contributed by atoms with Gasteiger partial charge in [-0.1, -0.05) is 187 Å². The summed E-state index contributed by atoms with van der Waals surface area (Å²) in [4.78, 5) is 66.3. The van der Waals surface area contributed by atoms with Crippen LogP contribution in [0.15, 0.2) is 194 Å². The Morgan fingerprint density at radius 3 is 1.50 bits per heavy atom. The summed E-state index contributed by atoms with van der Waals surface area (Å²) in [5.74, 6) is 1.37. The predicted octanol–water partition coefficient (Wildman–Crippen LogP) is 14.7. The first kappa shape index (κ1) is 82.8. The van der Waals surface area contributed by atoms with Gasteiger partial charge in [-0.25, -0.2) is 29.3 Å². The highest BCUT2D eigenvalue weighted by Crippen LogP contribution is 2.49. The molecule has 0 aliphatic carbocycles. The van der Waals surface area contributed by atoms with Crippen molar-refractivity contribution < 1.29 is 57.1 Å². The van der Waals surface area contributed by atoms with E-state index in [4.69, 9.17) is 57.2 Å². The predicted molar refractivity (Wildman–Crippen MR) is 436 cm³/mol. The van der Waals surface area contributed by atoms with E-state index < -0.39 is 112 Å². The Morgan fingerprint density at radius 2 is 1.05 bits per heavy atom. The normalized spacial score (nSPS) is 19.1. The topological polar surface area (TPSA) is 266 Å². The Kier molecular flexibility index (Phi) is 25.1. The Labute approximate surface area is 655 Å². The number of carbonyl (C=O) groups excluding carboxylic acids is 2. The summed E-state index contributed by atoms with van der Waals surface area (Å²) < 4.78 is 56.4. The maximum atomic E-state index is 15.1. The highest BCUT2D eigenvalue weighted by atomic mass is 28.4. The number of rotatable bonds is 29. The molecule has 592 valence electrons. The summed E-state index contributed by atoms with van der Waals surface area (Å²) >= 11 is 0. The molecule has 0 radical (unpaired) electrons. The largest absolute Gasteiger partial charge is 0.497 e. The lowest BCUT2D eigenvalue weighted by molar-refractivity contribution is -0.157. The van der Waals surface area contributed by atoms with Crippen molar-refractivity contribution in [3.63, 3.8) is 0 Å². The minimum Gasteiger partial charge on any atom is -0.497 e. The molecule has 9 aromatic rings. The zero-order valence-corrected chi connectivity index (χ0v) is 69.5. The number of alkyl carbamates (subject to hydrolysis) is 1. The number of methoxy groups -OCH3 is 2. The minimum absolute atomic E-state index is 0.00148. The maximum absolute atomic E-state index is 15.1. The van der Waals surface area contributed by atoms with E-state index in [1.54, 1.807) is 74.6 Å². The number of hydrogen-bond donors (Lipinski definition) is 5. The number of anilines is 2. The van der Waals surface area contributed by atoms with Crippen molar-refractivity contribution in [1.82, 2.24) is 39.3 Å². The number of ether oxygens (including phenoxy) is 6. The second kappa shape index (κ2) is 33.6.